The second-order valence-electron chi connectivity index (χ2n) is 6.07. The van der Waals surface area contributed by atoms with Crippen LogP contribution in [0.1, 0.15) is 39.8 Å². The van der Waals surface area contributed by atoms with Crippen molar-refractivity contribution in [3.8, 4) is 0 Å². The molecule has 0 aliphatic rings. The van der Waals surface area contributed by atoms with E-state index in [9.17, 15) is 9.59 Å². The first-order valence-electron chi connectivity index (χ1n) is 8.01. The van der Waals surface area contributed by atoms with Gasteiger partial charge in [-0.15, -0.1) is 11.3 Å². The molecule has 0 saturated heterocycles. The first-order chi connectivity index (χ1) is 11.5. The van der Waals surface area contributed by atoms with E-state index in [2.05, 4.69) is 15.6 Å². The molecule has 1 aromatic carbocycles. The van der Waals surface area contributed by atoms with Crippen LogP contribution in [0.4, 0.5) is 0 Å². The molecule has 0 bridgehead atoms. The predicted molar refractivity (Wildman–Crippen MR) is 96.0 cm³/mol. The average molecular weight is 345 g/mol. The molecule has 128 valence electrons. The van der Waals surface area contributed by atoms with Crippen molar-refractivity contribution in [2.75, 3.05) is 6.54 Å². The van der Waals surface area contributed by atoms with Crippen LogP contribution in [-0.4, -0.2) is 23.3 Å². The lowest BCUT2D eigenvalue weighted by Gasteiger charge is -2.06. The minimum absolute atomic E-state index is 0.0956. The van der Waals surface area contributed by atoms with Gasteiger partial charge in [-0.05, 0) is 18.4 Å². The standard InChI is InChI=1S/C18H23N3O2S/c1-12(2)10-20-18(23)17-13(3)21-16(24-17)9-15(22)19-11-14-7-5-4-6-8-14/h4-8,12H,9-11H2,1-3H3,(H,19,22)(H,20,23). The second-order valence-corrected chi connectivity index (χ2v) is 7.15. The van der Waals surface area contributed by atoms with Crippen LogP contribution in [0.2, 0.25) is 0 Å². The summed E-state index contributed by atoms with van der Waals surface area (Å²) in [5.41, 5.74) is 1.72. The molecule has 2 N–H and O–H groups in total. The van der Waals surface area contributed by atoms with E-state index in [4.69, 9.17) is 0 Å². The third kappa shape index (κ3) is 5.45. The molecule has 0 aliphatic carbocycles. The fourth-order valence-electron chi connectivity index (χ4n) is 2.11. The number of rotatable bonds is 7. The topological polar surface area (TPSA) is 71.1 Å². The maximum atomic E-state index is 12.1. The lowest BCUT2D eigenvalue weighted by molar-refractivity contribution is -0.120. The first kappa shape index (κ1) is 18.1. The van der Waals surface area contributed by atoms with Gasteiger partial charge in [-0.2, -0.15) is 0 Å². The number of thiazole rings is 1. The molecule has 2 rings (SSSR count). The Morgan fingerprint density at radius 1 is 1.17 bits per heavy atom. The van der Waals surface area contributed by atoms with E-state index in [-0.39, 0.29) is 18.2 Å². The quantitative estimate of drug-likeness (QED) is 0.810. The van der Waals surface area contributed by atoms with E-state index < -0.39 is 0 Å². The largest absolute Gasteiger partial charge is 0.352 e. The fourth-order valence-corrected chi connectivity index (χ4v) is 3.09. The van der Waals surface area contributed by atoms with Crippen LogP contribution in [0.25, 0.3) is 0 Å². The summed E-state index contributed by atoms with van der Waals surface area (Å²) < 4.78 is 0. The van der Waals surface area contributed by atoms with E-state index >= 15 is 0 Å². The van der Waals surface area contributed by atoms with Crippen LogP contribution in [0.5, 0.6) is 0 Å². The van der Waals surface area contributed by atoms with Crippen molar-refractivity contribution in [1.29, 1.82) is 0 Å². The van der Waals surface area contributed by atoms with Crippen molar-refractivity contribution >= 4 is 23.2 Å². The van der Waals surface area contributed by atoms with E-state index in [1.165, 1.54) is 11.3 Å². The second kappa shape index (κ2) is 8.59. The Morgan fingerprint density at radius 3 is 2.54 bits per heavy atom. The van der Waals surface area contributed by atoms with Gasteiger partial charge < -0.3 is 10.6 Å². The smallest absolute Gasteiger partial charge is 0.263 e. The van der Waals surface area contributed by atoms with E-state index in [1.807, 2.05) is 44.2 Å². The molecular weight excluding hydrogens is 322 g/mol. The molecular formula is C18H23N3O2S. The van der Waals surface area contributed by atoms with Gasteiger partial charge >= 0.3 is 0 Å². The Kier molecular flexibility index (Phi) is 6.49. The Balaban J connectivity index is 1.89. The number of nitrogens with one attached hydrogen (secondary N) is 2. The predicted octanol–water partition coefficient (Wildman–Crippen LogP) is 2.70. The fraction of sp³-hybridized carbons (Fsp3) is 0.389. The van der Waals surface area contributed by atoms with Gasteiger partial charge in [-0.1, -0.05) is 44.2 Å². The van der Waals surface area contributed by atoms with Gasteiger partial charge in [-0.3, -0.25) is 9.59 Å². The van der Waals surface area contributed by atoms with Crippen LogP contribution in [-0.2, 0) is 17.8 Å². The molecule has 24 heavy (non-hydrogen) atoms. The highest BCUT2D eigenvalue weighted by Gasteiger charge is 2.17. The lowest BCUT2D eigenvalue weighted by atomic mass is 10.2. The summed E-state index contributed by atoms with van der Waals surface area (Å²) in [6, 6.07) is 9.74. The summed E-state index contributed by atoms with van der Waals surface area (Å²) >= 11 is 1.29. The van der Waals surface area contributed by atoms with E-state index in [0.717, 1.165) is 5.56 Å². The van der Waals surface area contributed by atoms with Crippen LogP contribution < -0.4 is 10.6 Å². The highest BCUT2D eigenvalue weighted by Crippen LogP contribution is 2.18. The molecule has 0 radical (unpaired) electrons. The summed E-state index contributed by atoms with van der Waals surface area (Å²) in [7, 11) is 0. The maximum Gasteiger partial charge on any atom is 0.263 e. The van der Waals surface area contributed by atoms with Gasteiger partial charge in [0.25, 0.3) is 5.91 Å². The Labute approximate surface area is 146 Å². The average Bonchev–Trinajstić information content (AvgIpc) is 2.92. The van der Waals surface area contributed by atoms with Crippen LogP contribution >= 0.6 is 11.3 Å². The van der Waals surface area contributed by atoms with Gasteiger partial charge in [0.15, 0.2) is 0 Å². The molecule has 5 nitrogen and oxygen atoms in total. The highest BCUT2D eigenvalue weighted by atomic mass is 32.1. The molecule has 0 atom stereocenters. The zero-order chi connectivity index (χ0) is 17.5. The van der Waals surface area contributed by atoms with Crippen molar-refractivity contribution in [2.24, 2.45) is 5.92 Å². The number of amides is 2. The Morgan fingerprint density at radius 2 is 1.88 bits per heavy atom. The number of carbonyl (C=O) groups is 2. The van der Waals surface area contributed by atoms with Crippen molar-refractivity contribution in [3.05, 3.63) is 51.5 Å². The Bertz CT molecular complexity index is 696. The molecule has 1 aromatic heterocycles. The molecule has 0 saturated carbocycles. The molecule has 2 aromatic rings. The molecule has 0 spiro atoms. The molecule has 1 heterocycles. The first-order valence-corrected chi connectivity index (χ1v) is 8.82. The number of hydrogen-bond donors (Lipinski definition) is 2. The Hall–Kier alpha value is -2.21. The molecule has 2 amide bonds. The van der Waals surface area contributed by atoms with Crippen LogP contribution in [0.3, 0.4) is 0 Å². The van der Waals surface area contributed by atoms with Gasteiger partial charge in [0.1, 0.15) is 9.88 Å². The number of hydrogen-bond acceptors (Lipinski definition) is 4. The van der Waals surface area contributed by atoms with E-state index in [1.54, 1.807) is 6.92 Å². The van der Waals surface area contributed by atoms with Crippen molar-refractivity contribution in [2.45, 2.75) is 33.7 Å². The van der Waals surface area contributed by atoms with E-state index in [0.29, 0.717) is 34.6 Å². The molecule has 0 aliphatic heterocycles. The summed E-state index contributed by atoms with van der Waals surface area (Å²) in [6.07, 6.45) is 0.190. The van der Waals surface area contributed by atoms with Gasteiger partial charge in [0.2, 0.25) is 5.91 Å². The monoisotopic (exact) mass is 345 g/mol. The summed E-state index contributed by atoms with van der Waals surface area (Å²) in [5.74, 6) is 0.182. The van der Waals surface area contributed by atoms with Crippen LogP contribution in [0, 0.1) is 12.8 Å². The van der Waals surface area contributed by atoms with Crippen molar-refractivity contribution in [3.63, 3.8) is 0 Å². The third-order valence-electron chi connectivity index (χ3n) is 3.36. The number of carbonyl (C=O) groups excluding carboxylic acids is 2. The van der Waals surface area contributed by atoms with Gasteiger partial charge in [-0.25, -0.2) is 4.98 Å². The molecule has 0 fully saturated rings. The highest BCUT2D eigenvalue weighted by molar-refractivity contribution is 7.13. The number of nitrogens with zero attached hydrogens (tertiary/aromatic N) is 1. The SMILES string of the molecule is Cc1nc(CC(=O)NCc2ccccc2)sc1C(=O)NCC(C)C. The normalized spacial score (nSPS) is 10.7. The summed E-state index contributed by atoms with van der Waals surface area (Å²) in [6.45, 7) is 7.01. The molecule has 0 unspecified atom stereocenters. The number of aryl methyl sites for hydroxylation is 1. The summed E-state index contributed by atoms with van der Waals surface area (Å²) in [5, 5.41) is 6.42. The minimum atomic E-state index is -0.116. The maximum absolute atomic E-state index is 12.1. The zero-order valence-electron chi connectivity index (χ0n) is 14.3. The minimum Gasteiger partial charge on any atom is -0.352 e. The van der Waals surface area contributed by atoms with Gasteiger partial charge in [0.05, 0.1) is 12.1 Å². The summed E-state index contributed by atoms with van der Waals surface area (Å²) in [4.78, 5) is 29.1. The van der Waals surface area contributed by atoms with Gasteiger partial charge in [0, 0.05) is 13.1 Å². The zero-order valence-corrected chi connectivity index (χ0v) is 15.1. The van der Waals surface area contributed by atoms with Crippen molar-refractivity contribution < 1.29 is 9.59 Å². The third-order valence-corrected chi connectivity index (χ3v) is 4.52. The number of aromatic nitrogens is 1. The molecule has 6 heteroatoms. The number of benzene rings is 1. The van der Waals surface area contributed by atoms with Crippen molar-refractivity contribution in [1.82, 2.24) is 15.6 Å². The van der Waals surface area contributed by atoms with Crippen LogP contribution in [0.15, 0.2) is 30.3 Å². The lowest BCUT2D eigenvalue weighted by Crippen LogP contribution is -2.27.